The highest BCUT2D eigenvalue weighted by Gasteiger charge is 2.27. The van der Waals surface area contributed by atoms with Gasteiger partial charge in [0.05, 0.1) is 16.2 Å². The van der Waals surface area contributed by atoms with Crippen LogP contribution in [-0.2, 0) is 6.42 Å². The Morgan fingerprint density at radius 2 is 2.04 bits per heavy atom. The van der Waals surface area contributed by atoms with E-state index in [9.17, 15) is 4.79 Å². The van der Waals surface area contributed by atoms with E-state index >= 15 is 0 Å². The lowest BCUT2D eigenvalue weighted by atomic mass is 10.1. The van der Waals surface area contributed by atoms with E-state index in [4.69, 9.17) is 11.6 Å². The maximum atomic E-state index is 12.8. The Morgan fingerprint density at radius 3 is 2.91 bits per heavy atom. The number of aromatic nitrogens is 2. The molecule has 0 saturated carbocycles. The van der Waals surface area contributed by atoms with E-state index in [1.165, 1.54) is 5.56 Å². The molecule has 3 aromatic rings. The third-order valence-corrected chi connectivity index (χ3v) is 4.40. The molecule has 1 aliphatic heterocycles. The predicted octanol–water partition coefficient (Wildman–Crippen LogP) is 3.04. The molecule has 0 radical (unpaired) electrons. The fraction of sp³-hybridized carbons (Fsp3) is 0.176. The number of hydrogen-bond acceptors (Lipinski definition) is 3. The number of rotatable bonds is 1. The van der Waals surface area contributed by atoms with Crippen LogP contribution in [0.1, 0.15) is 16.1 Å². The van der Waals surface area contributed by atoms with Crippen molar-refractivity contribution in [3.05, 3.63) is 64.9 Å². The molecule has 1 aliphatic rings. The van der Waals surface area contributed by atoms with Crippen molar-refractivity contribution in [3.8, 4) is 0 Å². The van der Waals surface area contributed by atoms with Crippen LogP contribution in [0.25, 0.3) is 5.52 Å². The molecule has 0 bridgehead atoms. The van der Waals surface area contributed by atoms with Crippen LogP contribution in [0, 0.1) is 0 Å². The van der Waals surface area contributed by atoms with Gasteiger partial charge >= 0.3 is 0 Å². The van der Waals surface area contributed by atoms with Crippen molar-refractivity contribution in [2.45, 2.75) is 6.42 Å². The number of anilines is 1. The molecule has 1 aromatic carbocycles. The smallest absolute Gasteiger partial charge is 0.285 e. The number of nitrogens with zero attached hydrogens (tertiary/aromatic N) is 4. The Hall–Kier alpha value is -2.53. The third-order valence-electron chi connectivity index (χ3n) is 4.17. The minimum absolute atomic E-state index is 0.109. The zero-order valence-corrected chi connectivity index (χ0v) is 13.4. The maximum absolute atomic E-state index is 12.8. The van der Waals surface area contributed by atoms with Gasteiger partial charge in [-0.3, -0.25) is 9.80 Å². The molecule has 116 valence electrons. The molecule has 6 heteroatoms. The molecule has 2 aromatic heterocycles. The van der Waals surface area contributed by atoms with E-state index in [0.29, 0.717) is 17.3 Å². The van der Waals surface area contributed by atoms with Gasteiger partial charge in [-0.25, -0.2) is 9.52 Å². The Labute approximate surface area is 138 Å². The number of hydrogen-bond donors (Lipinski definition) is 0. The highest BCUT2D eigenvalue weighted by molar-refractivity contribution is 6.30. The summed E-state index contributed by atoms with van der Waals surface area (Å²) in [6.07, 6.45) is 2.54. The molecular formula is C17H15ClN4O. The molecule has 1 amide bonds. The lowest BCUT2D eigenvalue weighted by Gasteiger charge is -2.38. The Balaban J connectivity index is 1.68. The van der Waals surface area contributed by atoms with Crippen molar-refractivity contribution in [3.63, 3.8) is 0 Å². The molecule has 4 rings (SSSR count). The van der Waals surface area contributed by atoms with E-state index in [0.717, 1.165) is 17.6 Å². The van der Waals surface area contributed by atoms with Crippen molar-refractivity contribution in [1.82, 2.24) is 14.6 Å². The van der Waals surface area contributed by atoms with Gasteiger partial charge in [0.2, 0.25) is 0 Å². The SMILES string of the molecule is CN1c2ccccc2CCN1C(=O)c1cc2ccc(Cl)cn2n1. The number of benzene rings is 1. The van der Waals surface area contributed by atoms with Crippen LogP contribution < -0.4 is 5.01 Å². The second kappa shape index (κ2) is 5.28. The first-order chi connectivity index (χ1) is 11.1. The van der Waals surface area contributed by atoms with Gasteiger partial charge in [0.1, 0.15) is 0 Å². The molecule has 0 aliphatic carbocycles. The lowest BCUT2D eigenvalue weighted by molar-refractivity contribution is 0.0732. The standard InChI is InChI=1S/C17H15ClN4O/c1-20-16-5-3-2-4-12(16)8-9-22(20)17(23)15-10-14-7-6-13(18)11-21(14)19-15/h2-7,10-11H,8-9H2,1H3. The third kappa shape index (κ3) is 2.33. The van der Waals surface area contributed by atoms with Gasteiger partial charge in [-0.05, 0) is 36.2 Å². The molecule has 0 N–H and O–H groups in total. The molecule has 3 heterocycles. The number of halogens is 1. The highest BCUT2D eigenvalue weighted by atomic mass is 35.5. The van der Waals surface area contributed by atoms with Crippen LogP contribution >= 0.6 is 11.6 Å². The summed E-state index contributed by atoms with van der Waals surface area (Å²) in [6.45, 7) is 0.640. The molecule has 0 saturated heterocycles. The average molecular weight is 327 g/mol. The summed E-state index contributed by atoms with van der Waals surface area (Å²) in [5, 5.41) is 8.57. The van der Waals surface area contributed by atoms with Crippen LogP contribution in [0.4, 0.5) is 5.69 Å². The number of para-hydroxylation sites is 1. The highest BCUT2D eigenvalue weighted by Crippen LogP contribution is 2.27. The van der Waals surface area contributed by atoms with Crippen molar-refractivity contribution < 1.29 is 4.79 Å². The van der Waals surface area contributed by atoms with Crippen LogP contribution in [0.3, 0.4) is 0 Å². The summed E-state index contributed by atoms with van der Waals surface area (Å²) in [7, 11) is 1.91. The monoisotopic (exact) mass is 326 g/mol. The molecule has 0 atom stereocenters. The van der Waals surface area contributed by atoms with E-state index in [1.807, 2.05) is 36.3 Å². The van der Waals surface area contributed by atoms with Gasteiger partial charge in [-0.15, -0.1) is 0 Å². The number of fused-ring (bicyclic) bond motifs is 2. The van der Waals surface area contributed by atoms with Crippen LogP contribution in [0.2, 0.25) is 5.02 Å². The number of amides is 1. The van der Waals surface area contributed by atoms with E-state index < -0.39 is 0 Å². The van der Waals surface area contributed by atoms with Crippen molar-refractivity contribution in [2.75, 3.05) is 18.6 Å². The van der Waals surface area contributed by atoms with Gasteiger partial charge in [0.15, 0.2) is 5.69 Å². The molecule has 0 fully saturated rings. The minimum atomic E-state index is -0.109. The fourth-order valence-corrected chi connectivity index (χ4v) is 3.14. The summed E-state index contributed by atoms with van der Waals surface area (Å²) in [5.41, 5.74) is 3.57. The number of hydrazine groups is 1. The predicted molar refractivity (Wildman–Crippen MR) is 89.8 cm³/mol. The fourth-order valence-electron chi connectivity index (χ4n) is 2.98. The van der Waals surface area contributed by atoms with Crippen LogP contribution in [-0.4, -0.2) is 34.1 Å². The Bertz CT molecular complexity index is 904. The molecular weight excluding hydrogens is 312 g/mol. The van der Waals surface area contributed by atoms with Gasteiger partial charge in [0, 0.05) is 19.8 Å². The Morgan fingerprint density at radius 1 is 1.22 bits per heavy atom. The second-order valence-corrected chi connectivity index (χ2v) is 6.01. The lowest BCUT2D eigenvalue weighted by Crippen LogP contribution is -2.48. The normalized spacial score (nSPS) is 14.2. The second-order valence-electron chi connectivity index (χ2n) is 5.58. The van der Waals surface area contributed by atoms with Gasteiger partial charge < -0.3 is 0 Å². The molecule has 0 unspecified atom stereocenters. The zero-order valence-electron chi connectivity index (χ0n) is 12.6. The molecule has 23 heavy (non-hydrogen) atoms. The number of pyridine rings is 1. The number of carbonyl (C=O) groups excluding carboxylic acids is 1. The van der Waals surface area contributed by atoms with Crippen molar-refractivity contribution >= 4 is 28.7 Å². The van der Waals surface area contributed by atoms with Gasteiger partial charge in [-0.1, -0.05) is 29.8 Å². The van der Waals surface area contributed by atoms with Gasteiger partial charge in [0.25, 0.3) is 5.91 Å². The zero-order chi connectivity index (χ0) is 16.0. The maximum Gasteiger partial charge on any atom is 0.292 e. The van der Waals surface area contributed by atoms with Crippen molar-refractivity contribution in [1.29, 1.82) is 0 Å². The summed E-state index contributed by atoms with van der Waals surface area (Å²) in [6, 6.07) is 13.6. The quantitative estimate of drug-likeness (QED) is 0.690. The molecule has 5 nitrogen and oxygen atoms in total. The van der Waals surface area contributed by atoms with E-state index in [-0.39, 0.29) is 5.91 Å². The summed E-state index contributed by atoms with van der Waals surface area (Å²) >= 11 is 5.97. The minimum Gasteiger partial charge on any atom is -0.285 e. The van der Waals surface area contributed by atoms with Gasteiger partial charge in [-0.2, -0.15) is 5.10 Å². The average Bonchev–Trinajstić information content (AvgIpc) is 2.98. The number of carbonyl (C=O) groups is 1. The van der Waals surface area contributed by atoms with E-state index in [1.54, 1.807) is 27.9 Å². The largest absolute Gasteiger partial charge is 0.292 e. The summed E-state index contributed by atoms with van der Waals surface area (Å²) in [4.78, 5) is 12.8. The summed E-state index contributed by atoms with van der Waals surface area (Å²) in [5.74, 6) is -0.109. The first-order valence-electron chi connectivity index (χ1n) is 7.42. The molecule has 0 spiro atoms. The van der Waals surface area contributed by atoms with E-state index in [2.05, 4.69) is 11.2 Å². The van der Waals surface area contributed by atoms with Crippen LogP contribution in [0.5, 0.6) is 0 Å². The van der Waals surface area contributed by atoms with Crippen LogP contribution in [0.15, 0.2) is 48.7 Å². The first-order valence-corrected chi connectivity index (χ1v) is 7.79. The topological polar surface area (TPSA) is 40.9 Å². The van der Waals surface area contributed by atoms with Crippen molar-refractivity contribution in [2.24, 2.45) is 0 Å². The first kappa shape index (κ1) is 14.1. The Kier molecular flexibility index (Phi) is 3.23. The summed E-state index contributed by atoms with van der Waals surface area (Å²) < 4.78 is 1.63.